The van der Waals surface area contributed by atoms with Crippen LogP contribution in [-0.4, -0.2) is 35.6 Å². The molecule has 0 aromatic heterocycles. The van der Waals surface area contributed by atoms with Crippen molar-refractivity contribution in [3.8, 4) is 0 Å². The summed E-state index contributed by atoms with van der Waals surface area (Å²) in [5, 5.41) is 0. The molecule has 2 unspecified atom stereocenters. The van der Waals surface area contributed by atoms with Gasteiger partial charge in [0.25, 0.3) is 0 Å². The van der Waals surface area contributed by atoms with Crippen LogP contribution in [0.25, 0.3) is 0 Å². The summed E-state index contributed by atoms with van der Waals surface area (Å²) in [7, 11) is 0. The Kier molecular flexibility index (Phi) is 8.09. The molecule has 0 aromatic rings. The summed E-state index contributed by atoms with van der Waals surface area (Å²) in [4.78, 5) is 0. The lowest BCUT2D eigenvalue weighted by molar-refractivity contribution is -0.173. The molecule has 0 radical (unpaired) electrons. The molecule has 3 aliphatic rings. The van der Waals surface area contributed by atoms with E-state index in [0.717, 1.165) is 24.2 Å². The normalized spacial score (nSPS) is 34.7. The van der Waals surface area contributed by atoms with Gasteiger partial charge in [0.1, 0.15) is 0 Å². The molecule has 2 heterocycles. The van der Waals surface area contributed by atoms with Gasteiger partial charge in [-0.3, -0.25) is 0 Å². The number of thioether (sulfide) groups is 2. The molecule has 0 saturated carbocycles. The first kappa shape index (κ1) is 20.1. The molecule has 4 heteroatoms. The smallest absolute Gasteiger partial charge is 0.157 e. The molecule has 3 atom stereocenters. The molecule has 2 saturated heterocycles. The van der Waals surface area contributed by atoms with E-state index < -0.39 is 0 Å². The van der Waals surface area contributed by atoms with Gasteiger partial charge in [0.05, 0.1) is 11.2 Å². The molecular weight excluding hydrogens is 348 g/mol. The van der Waals surface area contributed by atoms with Gasteiger partial charge in [-0.15, -0.1) is 23.5 Å². The molecule has 2 aliphatic heterocycles. The second-order valence-electron chi connectivity index (χ2n) is 8.24. The van der Waals surface area contributed by atoms with Crippen molar-refractivity contribution >= 4 is 23.5 Å². The Balaban J connectivity index is 1.49. The van der Waals surface area contributed by atoms with Crippen molar-refractivity contribution in [2.75, 3.05) is 24.7 Å². The summed E-state index contributed by atoms with van der Waals surface area (Å²) in [6.45, 7) is 6.55. The van der Waals surface area contributed by atoms with Gasteiger partial charge in [-0.25, -0.2) is 0 Å². The van der Waals surface area contributed by atoms with Crippen LogP contribution in [0.1, 0.15) is 71.6 Å². The van der Waals surface area contributed by atoms with Crippen molar-refractivity contribution in [1.82, 2.24) is 0 Å². The van der Waals surface area contributed by atoms with Gasteiger partial charge in [-0.05, 0) is 75.2 Å². The van der Waals surface area contributed by atoms with Crippen LogP contribution < -0.4 is 0 Å². The Bertz CT molecular complexity index is 428. The van der Waals surface area contributed by atoms with Gasteiger partial charge in [-0.2, -0.15) is 0 Å². The van der Waals surface area contributed by atoms with Crippen LogP contribution in [0.2, 0.25) is 0 Å². The Labute approximate surface area is 163 Å². The average molecular weight is 385 g/mol. The third-order valence-electron chi connectivity index (χ3n) is 6.24. The minimum absolute atomic E-state index is 0.0442. The number of rotatable bonds is 7. The quantitative estimate of drug-likeness (QED) is 0.482. The Morgan fingerprint density at radius 3 is 2.84 bits per heavy atom. The highest BCUT2D eigenvalue weighted by atomic mass is 32.2. The van der Waals surface area contributed by atoms with Crippen LogP contribution in [0.4, 0.5) is 0 Å². The van der Waals surface area contributed by atoms with Crippen LogP contribution in [0.5, 0.6) is 0 Å². The zero-order valence-corrected chi connectivity index (χ0v) is 17.8. The van der Waals surface area contributed by atoms with Crippen LogP contribution in [0.15, 0.2) is 11.6 Å². The topological polar surface area (TPSA) is 18.5 Å². The van der Waals surface area contributed by atoms with Gasteiger partial charge in [0.2, 0.25) is 0 Å². The fourth-order valence-corrected chi connectivity index (χ4v) is 7.51. The highest BCUT2D eigenvalue weighted by Gasteiger charge is 2.37. The number of hydrogen-bond acceptors (Lipinski definition) is 4. The fraction of sp³-hybridized carbons (Fsp3) is 0.905. The maximum absolute atomic E-state index is 6.21. The summed E-state index contributed by atoms with van der Waals surface area (Å²) in [5.74, 6) is 3.31. The Morgan fingerprint density at radius 2 is 2.08 bits per heavy atom. The second-order valence-corrected chi connectivity index (χ2v) is 11.2. The highest BCUT2D eigenvalue weighted by Crippen LogP contribution is 2.46. The molecule has 2 nitrogen and oxygen atoms in total. The number of allylic oxidation sites excluding steroid dienone is 1. The summed E-state index contributed by atoms with van der Waals surface area (Å²) < 4.78 is 12.8. The predicted octanol–water partition coefficient (Wildman–Crippen LogP) is 6.26. The van der Waals surface area contributed by atoms with Gasteiger partial charge in [-0.1, -0.05) is 25.0 Å². The summed E-state index contributed by atoms with van der Waals surface area (Å²) in [5.41, 5.74) is 1.95. The lowest BCUT2D eigenvalue weighted by atomic mass is 9.65. The Morgan fingerprint density at radius 1 is 1.24 bits per heavy atom. The maximum atomic E-state index is 6.21. The van der Waals surface area contributed by atoms with Crippen molar-refractivity contribution in [2.24, 2.45) is 11.3 Å². The second kappa shape index (κ2) is 10.1. The lowest BCUT2D eigenvalue weighted by Crippen LogP contribution is -2.36. The first-order valence-electron chi connectivity index (χ1n) is 10.3. The standard InChI is InChI=1S/C21H36O2S2/c1-17-8-5-11-21(2,12-6-10-20-24-14-7-15-25-20)18(17)16-23-19-9-3-4-13-22-19/h8,18-20H,3-7,9-16H2,1-2H3/t18?,19?,21-/m1/s1. The van der Waals surface area contributed by atoms with E-state index in [4.69, 9.17) is 9.47 Å². The number of hydrogen-bond donors (Lipinski definition) is 0. The molecule has 0 spiro atoms. The van der Waals surface area contributed by atoms with E-state index in [-0.39, 0.29) is 6.29 Å². The number of ether oxygens (including phenoxy) is 2. The lowest BCUT2D eigenvalue weighted by Gasteiger charge is -2.42. The summed E-state index contributed by atoms with van der Waals surface area (Å²) >= 11 is 4.38. The van der Waals surface area contributed by atoms with Crippen molar-refractivity contribution < 1.29 is 9.47 Å². The average Bonchev–Trinajstić information content (AvgIpc) is 2.63. The molecule has 0 bridgehead atoms. The van der Waals surface area contributed by atoms with Crippen LogP contribution in [0.3, 0.4) is 0 Å². The zero-order valence-electron chi connectivity index (χ0n) is 16.1. The maximum Gasteiger partial charge on any atom is 0.157 e. The van der Waals surface area contributed by atoms with Crippen molar-refractivity contribution in [1.29, 1.82) is 0 Å². The molecule has 144 valence electrons. The molecule has 25 heavy (non-hydrogen) atoms. The van der Waals surface area contributed by atoms with Crippen LogP contribution in [0, 0.1) is 11.3 Å². The first-order valence-corrected chi connectivity index (χ1v) is 12.4. The van der Waals surface area contributed by atoms with E-state index in [1.54, 1.807) is 5.57 Å². The molecular formula is C21H36O2S2. The van der Waals surface area contributed by atoms with E-state index in [2.05, 4.69) is 43.4 Å². The SMILES string of the molecule is CC1=CCC[C@](C)(CCCC2SCCCS2)C1COC1CCCCO1. The van der Waals surface area contributed by atoms with Crippen molar-refractivity contribution in [3.63, 3.8) is 0 Å². The highest BCUT2D eigenvalue weighted by molar-refractivity contribution is 8.17. The molecule has 0 N–H and O–H groups in total. The predicted molar refractivity (Wildman–Crippen MR) is 111 cm³/mol. The van der Waals surface area contributed by atoms with Crippen molar-refractivity contribution in [2.45, 2.75) is 82.5 Å². The largest absolute Gasteiger partial charge is 0.353 e. The molecule has 0 amide bonds. The van der Waals surface area contributed by atoms with Crippen molar-refractivity contribution in [3.05, 3.63) is 11.6 Å². The van der Waals surface area contributed by atoms with Gasteiger partial charge in [0, 0.05) is 12.5 Å². The molecule has 0 aromatic carbocycles. The minimum Gasteiger partial charge on any atom is -0.353 e. The minimum atomic E-state index is 0.0442. The van der Waals surface area contributed by atoms with E-state index in [0.29, 0.717) is 11.3 Å². The van der Waals surface area contributed by atoms with E-state index in [9.17, 15) is 0 Å². The molecule has 3 rings (SSSR count). The van der Waals surface area contributed by atoms with Gasteiger partial charge in [0.15, 0.2) is 6.29 Å². The van der Waals surface area contributed by atoms with Gasteiger partial charge >= 0.3 is 0 Å². The fourth-order valence-electron chi connectivity index (χ4n) is 4.55. The summed E-state index contributed by atoms with van der Waals surface area (Å²) in [6.07, 6.45) is 14.1. The first-order chi connectivity index (χ1) is 12.2. The third-order valence-corrected chi connectivity index (χ3v) is 9.32. The van der Waals surface area contributed by atoms with Crippen LogP contribution >= 0.6 is 23.5 Å². The zero-order chi connectivity index (χ0) is 17.5. The third kappa shape index (κ3) is 5.92. The van der Waals surface area contributed by atoms with E-state index in [1.165, 1.54) is 62.9 Å². The molecule has 2 fully saturated rings. The Hall–Kier alpha value is 0.360. The van der Waals surface area contributed by atoms with E-state index in [1.807, 2.05) is 0 Å². The monoisotopic (exact) mass is 384 g/mol. The van der Waals surface area contributed by atoms with E-state index >= 15 is 0 Å². The summed E-state index contributed by atoms with van der Waals surface area (Å²) in [6, 6.07) is 0. The van der Waals surface area contributed by atoms with Gasteiger partial charge < -0.3 is 9.47 Å². The van der Waals surface area contributed by atoms with Crippen LogP contribution in [-0.2, 0) is 9.47 Å². The molecule has 1 aliphatic carbocycles.